The number of hydrogen-bond acceptors (Lipinski definition) is 3. The summed E-state index contributed by atoms with van der Waals surface area (Å²) >= 11 is 0. The van der Waals surface area contributed by atoms with Crippen molar-refractivity contribution in [3.63, 3.8) is 0 Å². The first-order valence-corrected chi connectivity index (χ1v) is 8.61. The van der Waals surface area contributed by atoms with Crippen molar-refractivity contribution >= 4 is 16.7 Å². The number of amides is 1. The summed E-state index contributed by atoms with van der Waals surface area (Å²) < 4.78 is 5.87. The molecular formula is C21H20N2O2. The van der Waals surface area contributed by atoms with Gasteiger partial charge >= 0.3 is 0 Å². The lowest BCUT2D eigenvalue weighted by molar-refractivity contribution is -0.134. The van der Waals surface area contributed by atoms with E-state index in [-0.39, 0.29) is 12.5 Å². The summed E-state index contributed by atoms with van der Waals surface area (Å²) in [7, 11) is 0. The van der Waals surface area contributed by atoms with Crippen LogP contribution in [-0.2, 0) is 11.3 Å². The molecule has 126 valence electrons. The van der Waals surface area contributed by atoms with Crippen molar-refractivity contribution < 1.29 is 9.53 Å². The second-order valence-corrected chi connectivity index (χ2v) is 6.34. The fraction of sp³-hybridized carbons (Fsp3) is 0.238. The van der Waals surface area contributed by atoms with Gasteiger partial charge in [0.15, 0.2) is 6.61 Å². The van der Waals surface area contributed by atoms with Crippen molar-refractivity contribution in [2.45, 2.75) is 25.4 Å². The lowest BCUT2D eigenvalue weighted by Crippen LogP contribution is -2.36. The lowest BCUT2D eigenvalue weighted by Gasteiger charge is -2.22. The number of pyridine rings is 1. The molecule has 1 aromatic heterocycles. The Labute approximate surface area is 147 Å². The van der Waals surface area contributed by atoms with E-state index in [9.17, 15) is 4.79 Å². The minimum absolute atomic E-state index is 0.0149. The predicted molar refractivity (Wildman–Crippen MR) is 97.3 cm³/mol. The van der Waals surface area contributed by atoms with E-state index in [1.807, 2.05) is 65.6 Å². The summed E-state index contributed by atoms with van der Waals surface area (Å²) in [5, 5.41) is 2.14. The van der Waals surface area contributed by atoms with Crippen LogP contribution in [0, 0.1) is 0 Å². The Hall–Kier alpha value is -2.88. The second kappa shape index (κ2) is 6.93. The van der Waals surface area contributed by atoms with E-state index in [1.165, 1.54) is 0 Å². The molecule has 4 rings (SSSR count). The van der Waals surface area contributed by atoms with Gasteiger partial charge in [0.2, 0.25) is 0 Å². The van der Waals surface area contributed by atoms with Crippen molar-refractivity contribution in [2.75, 3.05) is 6.61 Å². The summed E-state index contributed by atoms with van der Waals surface area (Å²) in [4.78, 5) is 18.9. The van der Waals surface area contributed by atoms with Crippen molar-refractivity contribution in [3.05, 3.63) is 72.6 Å². The smallest absolute Gasteiger partial charge is 0.261 e. The van der Waals surface area contributed by atoms with Gasteiger partial charge in [0.05, 0.1) is 12.2 Å². The molecule has 1 fully saturated rings. The Morgan fingerprint density at radius 3 is 2.64 bits per heavy atom. The van der Waals surface area contributed by atoms with Gasteiger partial charge in [0.25, 0.3) is 5.91 Å². The molecule has 0 radical (unpaired) electrons. The maximum absolute atomic E-state index is 12.7. The molecule has 25 heavy (non-hydrogen) atoms. The van der Waals surface area contributed by atoms with E-state index < -0.39 is 0 Å². The third-order valence-electron chi connectivity index (χ3n) is 4.47. The van der Waals surface area contributed by atoms with Crippen LogP contribution in [0.4, 0.5) is 0 Å². The van der Waals surface area contributed by atoms with Gasteiger partial charge in [0, 0.05) is 17.6 Å². The maximum Gasteiger partial charge on any atom is 0.261 e. The number of hydrogen-bond donors (Lipinski definition) is 0. The number of aromatic nitrogens is 1. The number of ether oxygens (including phenoxy) is 1. The van der Waals surface area contributed by atoms with Crippen molar-refractivity contribution in [1.29, 1.82) is 0 Å². The van der Waals surface area contributed by atoms with Crippen LogP contribution in [0.15, 0.2) is 66.9 Å². The molecule has 1 aliphatic rings. The molecule has 4 nitrogen and oxygen atoms in total. The predicted octanol–water partition coefficient (Wildman–Crippen LogP) is 3.80. The third-order valence-corrected chi connectivity index (χ3v) is 4.47. The highest BCUT2D eigenvalue weighted by Gasteiger charge is 2.32. The minimum atomic E-state index is 0.0149. The van der Waals surface area contributed by atoms with Gasteiger partial charge in [-0.2, -0.15) is 0 Å². The normalized spacial score (nSPS) is 13.6. The van der Waals surface area contributed by atoms with E-state index in [0.29, 0.717) is 12.6 Å². The topological polar surface area (TPSA) is 42.4 Å². The molecule has 0 aliphatic heterocycles. The van der Waals surface area contributed by atoms with Crippen LogP contribution in [0.1, 0.15) is 18.5 Å². The average molecular weight is 332 g/mol. The standard InChI is InChI=1S/C21H20N2O2/c24-21(23(18-11-12-18)14-17-8-3-4-13-22-17)15-25-20-10-5-7-16-6-1-2-9-19(16)20/h1-10,13,18H,11-12,14-15H2. The fourth-order valence-corrected chi connectivity index (χ4v) is 3.02. The van der Waals surface area contributed by atoms with E-state index in [2.05, 4.69) is 4.98 Å². The molecule has 0 saturated heterocycles. The molecule has 0 N–H and O–H groups in total. The Morgan fingerprint density at radius 2 is 1.84 bits per heavy atom. The lowest BCUT2D eigenvalue weighted by atomic mass is 10.1. The fourth-order valence-electron chi connectivity index (χ4n) is 3.02. The highest BCUT2D eigenvalue weighted by Crippen LogP contribution is 2.29. The Morgan fingerprint density at radius 1 is 1.04 bits per heavy atom. The van der Waals surface area contributed by atoms with E-state index in [4.69, 9.17) is 4.74 Å². The molecule has 3 aromatic rings. The van der Waals surface area contributed by atoms with Gasteiger partial charge < -0.3 is 9.64 Å². The molecule has 1 saturated carbocycles. The SMILES string of the molecule is O=C(COc1cccc2ccccc12)N(Cc1ccccn1)C1CC1. The Kier molecular flexibility index (Phi) is 4.34. The van der Waals surface area contributed by atoms with E-state index >= 15 is 0 Å². The van der Waals surface area contributed by atoms with Crippen molar-refractivity contribution in [3.8, 4) is 5.75 Å². The maximum atomic E-state index is 12.7. The zero-order chi connectivity index (χ0) is 17.1. The highest BCUT2D eigenvalue weighted by atomic mass is 16.5. The van der Waals surface area contributed by atoms with Gasteiger partial charge in [-0.15, -0.1) is 0 Å². The number of fused-ring (bicyclic) bond motifs is 1. The molecule has 0 spiro atoms. The zero-order valence-electron chi connectivity index (χ0n) is 14.0. The molecule has 0 bridgehead atoms. The Balaban J connectivity index is 1.46. The minimum Gasteiger partial charge on any atom is -0.483 e. The number of rotatable bonds is 6. The van der Waals surface area contributed by atoms with Crippen molar-refractivity contribution in [2.24, 2.45) is 0 Å². The average Bonchev–Trinajstić information content (AvgIpc) is 3.50. The molecule has 1 aliphatic carbocycles. The zero-order valence-corrected chi connectivity index (χ0v) is 14.0. The van der Waals surface area contributed by atoms with Gasteiger partial charge in [-0.3, -0.25) is 9.78 Å². The van der Waals surface area contributed by atoms with Crippen molar-refractivity contribution in [1.82, 2.24) is 9.88 Å². The quantitative estimate of drug-likeness (QED) is 0.689. The third kappa shape index (κ3) is 3.63. The number of benzene rings is 2. The van der Waals surface area contributed by atoms with Crippen LogP contribution in [0.5, 0.6) is 5.75 Å². The number of nitrogens with zero attached hydrogens (tertiary/aromatic N) is 2. The summed E-state index contributed by atoms with van der Waals surface area (Å²) in [5.41, 5.74) is 0.910. The molecular weight excluding hydrogens is 312 g/mol. The summed E-state index contributed by atoms with van der Waals surface area (Å²) in [5.74, 6) is 0.765. The first-order valence-electron chi connectivity index (χ1n) is 8.61. The van der Waals surface area contributed by atoms with Gasteiger partial charge in [-0.1, -0.05) is 42.5 Å². The van der Waals surface area contributed by atoms with Gasteiger partial charge in [-0.05, 0) is 36.4 Å². The molecule has 0 atom stereocenters. The number of carbonyl (C=O) groups excluding carboxylic acids is 1. The van der Waals surface area contributed by atoms with Crippen LogP contribution in [-0.4, -0.2) is 28.4 Å². The van der Waals surface area contributed by atoms with E-state index in [0.717, 1.165) is 35.1 Å². The van der Waals surface area contributed by atoms with E-state index in [1.54, 1.807) is 6.20 Å². The van der Waals surface area contributed by atoms with Crippen LogP contribution in [0.2, 0.25) is 0 Å². The Bertz CT molecular complexity index is 870. The molecule has 1 heterocycles. The summed E-state index contributed by atoms with van der Waals surface area (Å²) in [6.07, 6.45) is 3.89. The van der Waals surface area contributed by atoms with Gasteiger partial charge in [0.1, 0.15) is 5.75 Å². The first kappa shape index (κ1) is 15.6. The number of carbonyl (C=O) groups is 1. The molecule has 0 unspecified atom stereocenters. The van der Waals surface area contributed by atoms with Crippen LogP contribution in [0.3, 0.4) is 0 Å². The first-order chi connectivity index (χ1) is 12.3. The molecule has 2 aromatic carbocycles. The summed E-state index contributed by atoms with van der Waals surface area (Å²) in [6, 6.07) is 20.1. The highest BCUT2D eigenvalue weighted by molar-refractivity contribution is 5.88. The largest absolute Gasteiger partial charge is 0.483 e. The van der Waals surface area contributed by atoms with Gasteiger partial charge in [-0.25, -0.2) is 0 Å². The molecule has 4 heteroatoms. The van der Waals surface area contributed by atoms with Crippen LogP contribution in [0.25, 0.3) is 10.8 Å². The second-order valence-electron chi connectivity index (χ2n) is 6.34. The monoisotopic (exact) mass is 332 g/mol. The van der Waals surface area contributed by atoms with Crippen LogP contribution >= 0.6 is 0 Å². The molecule has 1 amide bonds. The van der Waals surface area contributed by atoms with Crippen LogP contribution < -0.4 is 4.74 Å². The summed E-state index contributed by atoms with van der Waals surface area (Å²) in [6.45, 7) is 0.598.